The maximum absolute atomic E-state index is 12.1. The van der Waals surface area contributed by atoms with E-state index in [-0.39, 0.29) is 12.0 Å². The molecule has 2 aromatic rings. The number of nitrogens with one attached hydrogen (secondary N) is 1. The number of hydrogen-bond acceptors (Lipinski definition) is 5. The molecule has 1 aromatic heterocycles. The number of terminal acetylenes is 1. The first-order valence-corrected chi connectivity index (χ1v) is 11.5. The van der Waals surface area contributed by atoms with Crippen LogP contribution in [0.25, 0.3) is 0 Å². The number of piperidine rings is 3. The average molecular weight is 418 g/mol. The smallest absolute Gasteiger partial charge is 0.126 e. The molecule has 5 heteroatoms. The molecule has 0 saturated carbocycles. The molecular weight excluding hydrogens is 386 g/mol. The van der Waals surface area contributed by atoms with Crippen molar-refractivity contribution in [3.05, 3.63) is 59.3 Å². The zero-order valence-electron chi connectivity index (χ0n) is 18.0. The number of aromatic nitrogens is 1. The predicted molar refractivity (Wildman–Crippen MR) is 122 cm³/mol. The number of ether oxygens (including phenoxy) is 1. The topological polar surface area (TPSA) is 57.6 Å². The third-order valence-corrected chi connectivity index (χ3v) is 7.29. The second kappa shape index (κ2) is 8.63. The summed E-state index contributed by atoms with van der Waals surface area (Å²) in [4.78, 5) is 7.30. The van der Waals surface area contributed by atoms with Crippen molar-refractivity contribution in [2.75, 3.05) is 31.6 Å². The van der Waals surface area contributed by atoms with Gasteiger partial charge < -0.3 is 15.2 Å². The Morgan fingerprint density at radius 1 is 1.10 bits per heavy atom. The second-order valence-corrected chi connectivity index (χ2v) is 9.09. The number of anilines is 1. The number of rotatable bonds is 5. The van der Waals surface area contributed by atoms with E-state index in [2.05, 4.69) is 34.3 Å². The molecular formula is C26H31N3O2. The first-order valence-electron chi connectivity index (χ1n) is 11.5. The van der Waals surface area contributed by atoms with Gasteiger partial charge in [0.25, 0.3) is 0 Å². The summed E-state index contributed by atoms with van der Waals surface area (Å²) in [6.07, 6.45) is 10.6. The summed E-state index contributed by atoms with van der Waals surface area (Å²) < 4.78 is 5.49. The fourth-order valence-corrected chi connectivity index (χ4v) is 5.62. The van der Waals surface area contributed by atoms with Crippen molar-refractivity contribution in [3.63, 3.8) is 0 Å². The molecule has 5 heterocycles. The van der Waals surface area contributed by atoms with E-state index in [1.807, 2.05) is 24.3 Å². The number of fused-ring (bicyclic) bond motifs is 3. The van der Waals surface area contributed by atoms with E-state index in [9.17, 15) is 5.11 Å². The summed E-state index contributed by atoms with van der Waals surface area (Å²) >= 11 is 0. The van der Waals surface area contributed by atoms with Gasteiger partial charge in [-0.2, -0.15) is 0 Å². The summed E-state index contributed by atoms with van der Waals surface area (Å²) in [5.74, 6) is 3.95. The summed E-state index contributed by atoms with van der Waals surface area (Å²) in [7, 11) is 0. The first-order chi connectivity index (χ1) is 15.2. The zero-order valence-corrected chi connectivity index (χ0v) is 18.0. The maximum atomic E-state index is 12.1. The molecule has 2 bridgehead atoms. The third kappa shape index (κ3) is 3.85. The van der Waals surface area contributed by atoms with Crippen LogP contribution in [0.5, 0.6) is 0 Å². The SMILES string of the molecule is C#CC1N2CCC(CC2)C1(O)c1ccc(NC2CCOCC2)nc1Cc1ccccc1. The fourth-order valence-electron chi connectivity index (χ4n) is 5.62. The maximum Gasteiger partial charge on any atom is 0.126 e. The highest BCUT2D eigenvalue weighted by Gasteiger charge is 2.54. The molecule has 31 heavy (non-hydrogen) atoms. The van der Waals surface area contributed by atoms with E-state index >= 15 is 0 Å². The van der Waals surface area contributed by atoms with Crippen LogP contribution in [0.4, 0.5) is 5.82 Å². The predicted octanol–water partition coefficient (Wildman–Crippen LogP) is 3.18. The molecule has 2 atom stereocenters. The minimum absolute atomic E-state index is 0.171. The van der Waals surface area contributed by atoms with Crippen molar-refractivity contribution in [2.24, 2.45) is 5.92 Å². The van der Waals surface area contributed by atoms with Gasteiger partial charge in [-0.3, -0.25) is 4.90 Å². The highest BCUT2D eigenvalue weighted by Crippen LogP contribution is 2.47. The van der Waals surface area contributed by atoms with E-state index < -0.39 is 5.60 Å². The molecule has 0 radical (unpaired) electrons. The first kappa shape index (κ1) is 20.5. The number of hydrogen-bond donors (Lipinski definition) is 2. The van der Waals surface area contributed by atoms with Gasteiger partial charge in [-0.1, -0.05) is 42.3 Å². The Morgan fingerprint density at radius 2 is 1.84 bits per heavy atom. The van der Waals surface area contributed by atoms with Crippen LogP contribution < -0.4 is 5.32 Å². The standard InChI is InChI=1S/C26H31N3O2/c1-2-24-26(30,20-10-14-29(24)15-11-20)22-8-9-25(27-21-12-16-31-17-13-21)28-23(22)18-19-6-4-3-5-7-19/h1,3-9,20-21,24,30H,10-18H2,(H,27,28). The Labute approximate surface area is 184 Å². The van der Waals surface area contributed by atoms with Crippen molar-refractivity contribution >= 4 is 5.82 Å². The molecule has 6 rings (SSSR count). The lowest BCUT2D eigenvalue weighted by molar-refractivity contribution is -0.143. The van der Waals surface area contributed by atoms with Gasteiger partial charge in [-0.15, -0.1) is 6.42 Å². The second-order valence-electron chi connectivity index (χ2n) is 9.09. The van der Waals surface area contributed by atoms with Gasteiger partial charge in [0.2, 0.25) is 0 Å². The normalized spacial score (nSPS) is 30.6. The molecule has 4 fully saturated rings. The summed E-state index contributed by atoms with van der Waals surface area (Å²) in [6, 6.07) is 14.5. The van der Waals surface area contributed by atoms with Crippen molar-refractivity contribution in [2.45, 2.75) is 49.8 Å². The Hall–Kier alpha value is -2.39. The number of aliphatic hydroxyl groups is 1. The lowest BCUT2D eigenvalue weighted by atomic mass is 9.66. The molecule has 162 valence electrons. The van der Waals surface area contributed by atoms with Crippen LogP contribution in [0.2, 0.25) is 0 Å². The van der Waals surface area contributed by atoms with E-state index in [1.54, 1.807) is 0 Å². The molecule has 2 N–H and O–H groups in total. The molecule has 0 amide bonds. The van der Waals surface area contributed by atoms with Crippen LogP contribution in [-0.4, -0.2) is 53.4 Å². The Morgan fingerprint density at radius 3 is 2.55 bits per heavy atom. The van der Waals surface area contributed by atoms with Crippen molar-refractivity contribution < 1.29 is 9.84 Å². The lowest BCUT2D eigenvalue weighted by Crippen LogP contribution is -2.63. The monoisotopic (exact) mass is 417 g/mol. The van der Waals surface area contributed by atoms with Crippen molar-refractivity contribution in [3.8, 4) is 12.3 Å². The molecule has 1 aromatic carbocycles. The number of nitrogens with zero attached hydrogens (tertiary/aromatic N) is 2. The van der Waals surface area contributed by atoms with E-state index in [0.29, 0.717) is 12.5 Å². The summed E-state index contributed by atoms with van der Waals surface area (Å²) in [5.41, 5.74) is 1.94. The van der Waals surface area contributed by atoms with Gasteiger partial charge in [0.15, 0.2) is 0 Å². The molecule has 2 unspecified atom stereocenters. The van der Waals surface area contributed by atoms with Gasteiger partial charge in [0, 0.05) is 31.2 Å². The van der Waals surface area contributed by atoms with Gasteiger partial charge in [0.05, 0.1) is 5.69 Å². The van der Waals surface area contributed by atoms with Crippen LogP contribution in [0.1, 0.15) is 42.5 Å². The van der Waals surface area contributed by atoms with Crippen LogP contribution in [0.15, 0.2) is 42.5 Å². The number of benzene rings is 1. The fraction of sp³-hybridized carbons (Fsp3) is 0.500. The highest BCUT2D eigenvalue weighted by molar-refractivity contribution is 5.45. The van der Waals surface area contributed by atoms with Crippen LogP contribution in [0.3, 0.4) is 0 Å². The quantitative estimate of drug-likeness (QED) is 0.732. The number of pyridine rings is 1. The largest absolute Gasteiger partial charge is 0.382 e. The van der Waals surface area contributed by atoms with Gasteiger partial charge in [0.1, 0.15) is 17.5 Å². The average Bonchev–Trinajstić information content (AvgIpc) is 2.81. The Kier molecular flexibility index (Phi) is 5.71. The van der Waals surface area contributed by atoms with Crippen molar-refractivity contribution in [1.29, 1.82) is 0 Å². The molecule has 4 aliphatic heterocycles. The van der Waals surface area contributed by atoms with E-state index in [4.69, 9.17) is 16.1 Å². The highest BCUT2D eigenvalue weighted by atomic mass is 16.5. The van der Waals surface area contributed by atoms with Gasteiger partial charge in [-0.25, -0.2) is 4.98 Å². The van der Waals surface area contributed by atoms with Crippen LogP contribution in [-0.2, 0) is 16.8 Å². The summed E-state index contributed by atoms with van der Waals surface area (Å²) in [6.45, 7) is 3.50. The minimum atomic E-state index is -1.06. The molecule has 4 saturated heterocycles. The lowest BCUT2D eigenvalue weighted by Gasteiger charge is -2.54. The van der Waals surface area contributed by atoms with E-state index in [0.717, 1.165) is 69.1 Å². The van der Waals surface area contributed by atoms with Gasteiger partial charge >= 0.3 is 0 Å². The van der Waals surface area contributed by atoms with Crippen molar-refractivity contribution in [1.82, 2.24) is 9.88 Å². The minimum Gasteiger partial charge on any atom is -0.382 e. The third-order valence-electron chi connectivity index (χ3n) is 7.29. The van der Waals surface area contributed by atoms with E-state index in [1.165, 1.54) is 5.56 Å². The molecule has 0 aliphatic carbocycles. The van der Waals surface area contributed by atoms with Crippen LogP contribution >= 0.6 is 0 Å². The summed E-state index contributed by atoms with van der Waals surface area (Å²) in [5, 5.41) is 15.7. The van der Waals surface area contributed by atoms with Gasteiger partial charge in [-0.05, 0) is 56.3 Å². The molecule has 4 aliphatic rings. The zero-order chi connectivity index (χ0) is 21.3. The Bertz CT molecular complexity index is 943. The van der Waals surface area contributed by atoms with Crippen LogP contribution in [0, 0.1) is 18.3 Å². The molecule has 5 nitrogen and oxygen atoms in total. The molecule has 0 spiro atoms. The Balaban J connectivity index is 1.53.